The van der Waals surface area contributed by atoms with E-state index in [4.69, 9.17) is 16.7 Å². The van der Waals surface area contributed by atoms with Crippen LogP contribution in [0, 0.1) is 0 Å². The van der Waals surface area contributed by atoms with Gasteiger partial charge in [-0.3, -0.25) is 14.4 Å². The highest BCUT2D eigenvalue weighted by Crippen LogP contribution is 2.03. The first-order chi connectivity index (χ1) is 8.99. The van der Waals surface area contributed by atoms with E-state index in [0.29, 0.717) is 18.0 Å². The second kappa shape index (κ2) is 7.58. The molecule has 0 aromatic carbocycles. The van der Waals surface area contributed by atoms with Gasteiger partial charge in [0.15, 0.2) is 0 Å². The van der Waals surface area contributed by atoms with Crippen molar-refractivity contribution in [3.63, 3.8) is 0 Å². The lowest BCUT2D eigenvalue weighted by Gasteiger charge is -2.06. The summed E-state index contributed by atoms with van der Waals surface area (Å²) in [4.78, 5) is 33.1. The minimum atomic E-state index is -0.889. The summed E-state index contributed by atoms with van der Waals surface area (Å²) >= 11 is 5.75. The smallest absolute Gasteiger partial charge is 0.303 e. The normalized spacial score (nSPS) is 10.2. The van der Waals surface area contributed by atoms with E-state index < -0.39 is 5.97 Å². The predicted molar refractivity (Wildman–Crippen MR) is 70.2 cm³/mol. The topological polar surface area (TPSA) is 88.4 Å². The predicted octanol–water partition coefficient (Wildman–Crippen LogP) is 0.873. The number of aromatic nitrogens is 1. The number of nitrogens with zero attached hydrogens (tertiary/aromatic N) is 1. The second-order valence-electron chi connectivity index (χ2n) is 3.98. The number of halogens is 1. The van der Waals surface area contributed by atoms with Gasteiger partial charge in [0.1, 0.15) is 0 Å². The van der Waals surface area contributed by atoms with Crippen molar-refractivity contribution in [1.82, 2.24) is 9.88 Å². The summed E-state index contributed by atoms with van der Waals surface area (Å²) < 4.78 is 1.36. The number of hydrogen-bond donors (Lipinski definition) is 2. The molecule has 0 bridgehead atoms. The molecule has 1 heterocycles. The molecule has 0 saturated carbocycles. The molecule has 0 spiro atoms. The van der Waals surface area contributed by atoms with Crippen molar-refractivity contribution in [1.29, 1.82) is 0 Å². The molecule has 6 nitrogen and oxygen atoms in total. The fourth-order valence-corrected chi connectivity index (χ4v) is 1.64. The van der Waals surface area contributed by atoms with Crippen LogP contribution in [0.4, 0.5) is 0 Å². The van der Waals surface area contributed by atoms with Crippen molar-refractivity contribution >= 4 is 23.5 Å². The van der Waals surface area contributed by atoms with Gasteiger partial charge >= 0.3 is 5.97 Å². The quantitative estimate of drug-likeness (QED) is 0.728. The number of hydrogen-bond acceptors (Lipinski definition) is 3. The first-order valence-electron chi connectivity index (χ1n) is 5.83. The maximum absolute atomic E-state index is 11.5. The van der Waals surface area contributed by atoms with E-state index in [2.05, 4.69) is 5.32 Å². The van der Waals surface area contributed by atoms with Crippen molar-refractivity contribution in [3.05, 3.63) is 33.7 Å². The number of aliphatic carboxylic acids is 1. The van der Waals surface area contributed by atoms with Gasteiger partial charge in [0.25, 0.3) is 5.56 Å². The fraction of sp³-hybridized carbons (Fsp3) is 0.417. The van der Waals surface area contributed by atoms with Gasteiger partial charge in [0.2, 0.25) is 5.91 Å². The Bertz CT molecular complexity index is 513. The Labute approximate surface area is 115 Å². The molecule has 2 N–H and O–H groups in total. The number of rotatable bonds is 7. The summed E-state index contributed by atoms with van der Waals surface area (Å²) in [5, 5.41) is 11.4. The van der Waals surface area contributed by atoms with Crippen LogP contribution >= 0.6 is 11.6 Å². The largest absolute Gasteiger partial charge is 0.481 e. The lowest BCUT2D eigenvalue weighted by atomic mass is 10.3. The minimum Gasteiger partial charge on any atom is -0.481 e. The summed E-state index contributed by atoms with van der Waals surface area (Å²) in [7, 11) is 0. The number of carboxylic acids is 1. The number of carbonyl (C=O) groups is 2. The van der Waals surface area contributed by atoms with Crippen molar-refractivity contribution < 1.29 is 14.7 Å². The molecule has 7 heteroatoms. The van der Waals surface area contributed by atoms with Gasteiger partial charge in [-0.15, -0.1) is 0 Å². The Hall–Kier alpha value is -1.82. The van der Waals surface area contributed by atoms with E-state index >= 15 is 0 Å². The second-order valence-corrected chi connectivity index (χ2v) is 4.41. The standard InChI is InChI=1S/C12H15ClN2O4/c13-9-3-4-11(17)15(8-9)7-5-10(16)14-6-1-2-12(18)19/h3-4,8H,1-2,5-7H2,(H,14,16)(H,18,19). The van der Waals surface area contributed by atoms with Gasteiger partial charge in [0.05, 0.1) is 5.02 Å². The zero-order valence-corrected chi connectivity index (χ0v) is 11.0. The third-order valence-electron chi connectivity index (χ3n) is 2.42. The molecular formula is C12H15ClN2O4. The molecule has 0 aliphatic rings. The minimum absolute atomic E-state index is 0.0219. The molecule has 0 aliphatic carbocycles. The molecule has 104 valence electrons. The molecule has 1 rings (SSSR count). The van der Waals surface area contributed by atoms with E-state index in [9.17, 15) is 14.4 Å². The molecule has 0 unspecified atom stereocenters. The molecule has 1 aromatic rings. The summed E-state index contributed by atoms with van der Waals surface area (Å²) in [5.41, 5.74) is -0.219. The van der Waals surface area contributed by atoms with Crippen LogP contribution < -0.4 is 10.9 Å². The zero-order valence-electron chi connectivity index (χ0n) is 10.3. The van der Waals surface area contributed by atoms with E-state index in [1.165, 1.54) is 22.9 Å². The van der Waals surface area contributed by atoms with E-state index in [-0.39, 0.29) is 30.9 Å². The van der Waals surface area contributed by atoms with E-state index in [1.807, 2.05) is 0 Å². The van der Waals surface area contributed by atoms with Crippen LogP contribution in [0.2, 0.25) is 5.02 Å². The number of pyridine rings is 1. The highest BCUT2D eigenvalue weighted by atomic mass is 35.5. The number of carboxylic acid groups (broad SMARTS) is 1. The average molecular weight is 287 g/mol. The van der Waals surface area contributed by atoms with Gasteiger partial charge in [0, 0.05) is 38.2 Å². The van der Waals surface area contributed by atoms with Gasteiger partial charge in [-0.05, 0) is 12.5 Å². The highest BCUT2D eigenvalue weighted by Gasteiger charge is 2.04. The number of amides is 1. The Morgan fingerprint density at radius 1 is 1.32 bits per heavy atom. The maximum Gasteiger partial charge on any atom is 0.303 e. The lowest BCUT2D eigenvalue weighted by Crippen LogP contribution is -2.28. The van der Waals surface area contributed by atoms with Crippen molar-refractivity contribution in [3.8, 4) is 0 Å². The van der Waals surface area contributed by atoms with Gasteiger partial charge in [-0.25, -0.2) is 0 Å². The summed E-state index contributed by atoms with van der Waals surface area (Å²) in [5.74, 6) is -1.11. The van der Waals surface area contributed by atoms with E-state index in [0.717, 1.165) is 0 Å². The molecule has 0 fully saturated rings. The van der Waals surface area contributed by atoms with Crippen LogP contribution in [0.15, 0.2) is 23.1 Å². The van der Waals surface area contributed by atoms with Crippen molar-refractivity contribution in [2.45, 2.75) is 25.8 Å². The molecule has 1 aromatic heterocycles. The first-order valence-corrected chi connectivity index (χ1v) is 6.21. The molecule has 19 heavy (non-hydrogen) atoms. The first kappa shape index (κ1) is 15.2. The lowest BCUT2D eigenvalue weighted by molar-refractivity contribution is -0.137. The average Bonchev–Trinajstić information content (AvgIpc) is 2.35. The maximum atomic E-state index is 11.5. The van der Waals surface area contributed by atoms with Crippen LogP contribution in [-0.4, -0.2) is 28.1 Å². The van der Waals surface area contributed by atoms with Gasteiger partial charge in [-0.2, -0.15) is 0 Å². The molecule has 0 aliphatic heterocycles. The Kier molecular flexibility index (Phi) is 6.08. The van der Waals surface area contributed by atoms with E-state index in [1.54, 1.807) is 0 Å². The van der Waals surface area contributed by atoms with Crippen LogP contribution in [0.25, 0.3) is 0 Å². The molecule has 0 atom stereocenters. The molecule has 1 amide bonds. The number of aryl methyl sites for hydroxylation is 1. The SMILES string of the molecule is O=C(O)CCCNC(=O)CCn1cc(Cl)ccc1=O. The third kappa shape index (κ3) is 6.05. The summed E-state index contributed by atoms with van der Waals surface area (Å²) in [6, 6.07) is 2.83. The van der Waals surface area contributed by atoms with Crippen LogP contribution in [-0.2, 0) is 16.1 Å². The van der Waals surface area contributed by atoms with Gasteiger partial charge < -0.3 is 15.0 Å². The summed E-state index contributed by atoms with van der Waals surface area (Å²) in [6.07, 6.45) is 2.03. The number of nitrogens with one attached hydrogen (secondary N) is 1. The van der Waals surface area contributed by atoms with Crippen LogP contribution in [0.5, 0.6) is 0 Å². The number of carbonyl (C=O) groups excluding carboxylic acids is 1. The van der Waals surface area contributed by atoms with Crippen LogP contribution in [0.1, 0.15) is 19.3 Å². The fourth-order valence-electron chi connectivity index (χ4n) is 1.45. The van der Waals surface area contributed by atoms with Crippen LogP contribution in [0.3, 0.4) is 0 Å². The molecule has 0 saturated heterocycles. The third-order valence-corrected chi connectivity index (χ3v) is 2.64. The Balaban J connectivity index is 2.32. The summed E-state index contributed by atoms with van der Waals surface area (Å²) in [6.45, 7) is 0.555. The van der Waals surface area contributed by atoms with Crippen molar-refractivity contribution in [2.75, 3.05) is 6.54 Å². The Morgan fingerprint density at radius 3 is 2.74 bits per heavy atom. The zero-order chi connectivity index (χ0) is 14.3. The Morgan fingerprint density at radius 2 is 2.05 bits per heavy atom. The highest BCUT2D eigenvalue weighted by molar-refractivity contribution is 6.30. The van der Waals surface area contributed by atoms with Crippen molar-refractivity contribution in [2.24, 2.45) is 0 Å². The molecular weight excluding hydrogens is 272 g/mol. The van der Waals surface area contributed by atoms with Gasteiger partial charge in [-0.1, -0.05) is 11.6 Å². The molecule has 0 radical (unpaired) electrons. The monoisotopic (exact) mass is 286 g/mol.